The van der Waals surface area contributed by atoms with Gasteiger partial charge >= 0.3 is 18.2 Å². The second-order valence-corrected chi connectivity index (χ2v) is 9.64. The SMILES string of the molecule is CC(C)n1cc(CN2CCCC3(CC(NC(=O)OCc4ccccc4)CO3)C2)cn1.O=C(O)C(F)(F)F. The summed E-state index contributed by atoms with van der Waals surface area (Å²) in [5.74, 6) is -2.76. The first-order chi connectivity index (χ1) is 17.5. The van der Waals surface area contributed by atoms with Crippen LogP contribution in [-0.2, 0) is 27.4 Å². The van der Waals surface area contributed by atoms with Crippen molar-refractivity contribution in [2.75, 3.05) is 19.7 Å². The van der Waals surface area contributed by atoms with Gasteiger partial charge in [0.15, 0.2) is 0 Å². The van der Waals surface area contributed by atoms with Crippen molar-refractivity contribution in [2.45, 2.75) is 70.1 Å². The summed E-state index contributed by atoms with van der Waals surface area (Å²) in [5, 5.41) is 14.6. The Hall–Kier alpha value is -3.12. The summed E-state index contributed by atoms with van der Waals surface area (Å²) in [6.45, 7) is 7.93. The molecule has 1 amide bonds. The normalized spacial score (nSPS) is 21.9. The van der Waals surface area contributed by atoms with Crippen molar-refractivity contribution in [3.05, 3.63) is 53.9 Å². The Labute approximate surface area is 213 Å². The first kappa shape index (κ1) is 28.5. The quantitative estimate of drug-likeness (QED) is 0.583. The van der Waals surface area contributed by atoms with Gasteiger partial charge in [0.25, 0.3) is 0 Å². The topological polar surface area (TPSA) is 106 Å². The molecular formula is C25H33F3N4O5. The largest absolute Gasteiger partial charge is 0.490 e. The van der Waals surface area contributed by atoms with E-state index in [2.05, 4.69) is 35.4 Å². The van der Waals surface area contributed by atoms with Crippen LogP contribution >= 0.6 is 0 Å². The highest BCUT2D eigenvalue weighted by Crippen LogP contribution is 2.35. The maximum atomic E-state index is 12.2. The average Bonchev–Trinajstić information content (AvgIpc) is 3.45. The van der Waals surface area contributed by atoms with Crippen LogP contribution < -0.4 is 5.32 Å². The lowest BCUT2D eigenvalue weighted by Crippen LogP contribution is -2.48. The number of carboxylic acids is 1. The number of alkyl halides is 3. The third-order valence-corrected chi connectivity index (χ3v) is 6.20. The molecular weight excluding hydrogens is 493 g/mol. The fourth-order valence-corrected chi connectivity index (χ4v) is 4.48. The number of carbonyl (C=O) groups excluding carboxylic acids is 1. The number of benzene rings is 1. The van der Waals surface area contributed by atoms with Gasteiger partial charge in [-0.2, -0.15) is 18.3 Å². The van der Waals surface area contributed by atoms with Crippen molar-refractivity contribution >= 4 is 12.1 Å². The number of carbonyl (C=O) groups is 2. The number of aromatic nitrogens is 2. The summed E-state index contributed by atoms with van der Waals surface area (Å²) in [7, 11) is 0. The van der Waals surface area contributed by atoms with Gasteiger partial charge in [-0.05, 0) is 38.8 Å². The van der Waals surface area contributed by atoms with Crippen LogP contribution in [0.1, 0.15) is 50.3 Å². The third-order valence-electron chi connectivity index (χ3n) is 6.20. The Morgan fingerprint density at radius 3 is 2.59 bits per heavy atom. The molecule has 2 atom stereocenters. The number of nitrogens with one attached hydrogen (secondary N) is 1. The van der Waals surface area contributed by atoms with E-state index >= 15 is 0 Å². The molecule has 1 spiro atoms. The molecule has 0 bridgehead atoms. The zero-order valence-corrected chi connectivity index (χ0v) is 20.9. The van der Waals surface area contributed by atoms with Crippen LogP contribution in [0.2, 0.25) is 0 Å². The lowest BCUT2D eigenvalue weighted by Gasteiger charge is -2.39. The van der Waals surface area contributed by atoms with E-state index in [4.69, 9.17) is 19.4 Å². The molecule has 204 valence electrons. The molecule has 2 fully saturated rings. The molecule has 0 saturated carbocycles. The minimum absolute atomic E-state index is 0.00286. The zero-order valence-electron chi connectivity index (χ0n) is 20.9. The number of alkyl carbamates (subject to hydrolysis) is 1. The van der Waals surface area contributed by atoms with Gasteiger partial charge in [-0.1, -0.05) is 30.3 Å². The third kappa shape index (κ3) is 8.74. The lowest BCUT2D eigenvalue weighted by molar-refractivity contribution is -0.192. The van der Waals surface area contributed by atoms with E-state index < -0.39 is 12.1 Å². The summed E-state index contributed by atoms with van der Waals surface area (Å²) in [6, 6.07) is 10.1. The summed E-state index contributed by atoms with van der Waals surface area (Å²) in [4.78, 5) is 23.5. The number of nitrogens with zero attached hydrogens (tertiary/aromatic N) is 3. The minimum atomic E-state index is -5.08. The number of carboxylic acid groups (broad SMARTS) is 1. The second-order valence-electron chi connectivity index (χ2n) is 9.64. The predicted molar refractivity (Wildman–Crippen MR) is 128 cm³/mol. The van der Waals surface area contributed by atoms with Crippen LogP contribution in [-0.4, -0.2) is 69.4 Å². The number of piperidine rings is 1. The Morgan fingerprint density at radius 1 is 1.27 bits per heavy atom. The van der Waals surface area contributed by atoms with E-state index in [9.17, 15) is 18.0 Å². The van der Waals surface area contributed by atoms with E-state index in [1.165, 1.54) is 5.56 Å². The molecule has 3 heterocycles. The van der Waals surface area contributed by atoms with E-state index in [1.54, 1.807) is 0 Å². The lowest BCUT2D eigenvalue weighted by atomic mass is 9.88. The van der Waals surface area contributed by atoms with Crippen molar-refractivity contribution in [1.82, 2.24) is 20.0 Å². The summed E-state index contributed by atoms with van der Waals surface area (Å²) >= 11 is 0. The number of hydrogen-bond acceptors (Lipinski definition) is 6. The zero-order chi connectivity index (χ0) is 27.1. The van der Waals surface area contributed by atoms with E-state index in [0.717, 1.165) is 44.5 Å². The summed E-state index contributed by atoms with van der Waals surface area (Å²) in [5.41, 5.74) is 2.04. The number of likely N-dealkylation sites (tertiary alicyclic amines) is 1. The number of rotatable bonds is 6. The molecule has 1 aromatic carbocycles. The fourth-order valence-electron chi connectivity index (χ4n) is 4.48. The Kier molecular flexibility index (Phi) is 9.55. The molecule has 37 heavy (non-hydrogen) atoms. The highest BCUT2D eigenvalue weighted by atomic mass is 19.4. The van der Waals surface area contributed by atoms with Gasteiger partial charge in [0.05, 0.1) is 24.4 Å². The number of ether oxygens (including phenoxy) is 2. The van der Waals surface area contributed by atoms with Gasteiger partial charge in [-0.3, -0.25) is 9.58 Å². The van der Waals surface area contributed by atoms with Crippen LogP contribution in [0.15, 0.2) is 42.7 Å². The fraction of sp³-hybridized carbons (Fsp3) is 0.560. The molecule has 2 aromatic rings. The molecule has 0 aliphatic carbocycles. The van der Waals surface area contributed by atoms with Crippen LogP contribution in [0.4, 0.5) is 18.0 Å². The summed E-state index contributed by atoms with van der Waals surface area (Å²) in [6.07, 6.45) is 1.60. The van der Waals surface area contributed by atoms with Gasteiger partial charge in [0, 0.05) is 37.3 Å². The highest BCUT2D eigenvalue weighted by Gasteiger charge is 2.44. The molecule has 2 unspecified atom stereocenters. The number of halogens is 3. The van der Waals surface area contributed by atoms with Gasteiger partial charge < -0.3 is 19.9 Å². The Morgan fingerprint density at radius 2 is 1.97 bits per heavy atom. The Bertz CT molecular complexity index is 1030. The van der Waals surface area contributed by atoms with Crippen molar-refractivity contribution in [1.29, 1.82) is 0 Å². The number of aliphatic carboxylic acids is 1. The highest BCUT2D eigenvalue weighted by molar-refractivity contribution is 5.73. The molecule has 4 rings (SSSR count). The van der Waals surface area contributed by atoms with E-state index in [1.807, 2.05) is 41.2 Å². The second kappa shape index (κ2) is 12.4. The van der Waals surface area contributed by atoms with Crippen LogP contribution in [0.25, 0.3) is 0 Å². The smallest absolute Gasteiger partial charge is 0.475 e. The molecule has 9 nitrogen and oxygen atoms in total. The number of amides is 1. The van der Waals surface area contributed by atoms with E-state index in [-0.39, 0.29) is 24.3 Å². The Balaban J connectivity index is 0.000000479. The first-order valence-electron chi connectivity index (χ1n) is 12.1. The van der Waals surface area contributed by atoms with Crippen molar-refractivity contribution < 1.29 is 37.3 Å². The molecule has 2 aliphatic heterocycles. The molecule has 1 aromatic heterocycles. The average molecular weight is 527 g/mol. The molecule has 2 saturated heterocycles. The van der Waals surface area contributed by atoms with Gasteiger partial charge in [-0.15, -0.1) is 0 Å². The standard InChI is InChI=1S/C23H32N4O3.C2HF3O2/c1-18(2)27-14-20(12-24-27)13-26-10-6-9-23(17-26)11-21(16-30-23)25-22(28)29-15-19-7-4-3-5-8-19;3-2(4,5)1(6)7/h3-5,7-8,12,14,18,21H,6,9-11,13,15-17H2,1-2H3,(H,25,28);(H,6,7). The first-order valence-corrected chi connectivity index (χ1v) is 12.1. The number of hydrogen-bond donors (Lipinski definition) is 2. The van der Waals surface area contributed by atoms with Crippen LogP contribution in [0.3, 0.4) is 0 Å². The maximum absolute atomic E-state index is 12.2. The molecule has 12 heteroatoms. The predicted octanol–water partition coefficient (Wildman–Crippen LogP) is 4.15. The van der Waals surface area contributed by atoms with Gasteiger partial charge in [0.2, 0.25) is 0 Å². The molecule has 2 aliphatic rings. The maximum Gasteiger partial charge on any atom is 0.490 e. The van der Waals surface area contributed by atoms with Crippen molar-refractivity contribution in [3.8, 4) is 0 Å². The summed E-state index contributed by atoms with van der Waals surface area (Å²) < 4.78 is 45.3. The van der Waals surface area contributed by atoms with E-state index in [0.29, 0.717) is 12.6 Å². The monoisotopic (exact) mass is 526 g/mol. The van der Waals surface area contributed by atoms with Gasteiger partial charge in [0.1, 0.15) is 6.61 Å². The van der Waals surface area contributed by atoms with Crippen LogP contribution in [0, 0.1) is 0 Å². The minimum Gasteiger partial charge on any atom is -0.475 e. The van der Waals surface area contributed by atoms with Gasteiger partial charge in [-0.25, -0.2) is 9.59 Å². The van der Waals surface area contributed by atoms with Crippen LogP contribution in [0.5, 0.6) is 0 Å². The molecule has 0 radical (unpaired) electrons. The van der Waals surface area contributed by atoms with Crippen molar-refractivity contribution in [3.63, 3.8) is 0 Å². The molecule has 2 N–H and O–H groups in total. The van der Waals surface area contributed by atoms with Crippen molar-refractivity contribution in [2.24, 2.45) is 0 Å².